The third-order valence-electron chi connectivity index (χ3n) is 8.14. The molecule has 0 bridgehead atoms. The normalized spacial score (nSPS) is 31.0. The van der Waals surface area contributed by atoms with Crippen LogP contribution in [-0.4, -0.2) is 0 Å². The van der Waals surface area contributed by atoms with Crippen LogP contribution in [0.1, 0.15) is 120 Å². The van der Waals surface area contributed by atoms with Gasteiger partial charge in [0.15, 0.2) is 0 Å². The molecule has 25 heavy (non-hydrogen) atoms. The first-order chi connectivity index (χ1) is 11.7. The molecular formula is C25H50. The molecule has 0 aromatic heterocycles. The van der Waals surface area contributed by atoms with Crippen LogP contribution >= 0.6 is 0 Å². The minimum atomic E-state index is 0.585. The Bertz CT molecular complexity index is 322. The van der Waals surface area contributed by atoms with Crippen molar-refractivity contribution in [1.29, 1.82) is 0 Å². The van der Waals surface area contributed by atoms with Crippen molar-refractivity contribution in [2.45, 2.75) is 120 Å². The summed E-state index contributed by atoms with van der Waals surface area (Å²) in [6.07, 6.45) is 14.6. The largest absolute Gasteiger partial charge is 0.0651 e. The highest BCUT2D eigenvalue weighted by molar-refractivity contribution is 4.83. The average molecular weight is 351 g/mol. The van der Waals surface area contributed by atoms with Crippen LogP contribution in [0.4, 0.5) is 0 Å². The Morgan fingerprint density at radius 3 is 1.40 bits per heavy atom. The molecule has 0 nitrogen and oxygen atoms in total. The predicted octanol–water partition coefficient (Wildman–Crippen LogP) is 8.74. The van der Waals surface area contributed by atoms with Crippen LogP contribution < -0.4 is 0 Å². The van der Waals surface area contributed by atoms with Gasteiger partial charge in [-0.05, 0) is 79.4 Å². The maximum atomic E-state index is 2.45. The second kappa shape index (κ2) is 11.0. The molecule has 0 radical (unpaired) electrons. The molecule has 0 aliphatic heterocycles. The summed E-state index contributed by atoms with van der Waals surface area (Å²) < 4.78 is 0. The Hall–Kier alpha value is 0. The lowest BCUT2D eigenvalue weighted by atomic mass is 9.66. The van der Waals surface area contributed by atoms with Crippen molar-refractivity contribution >= 4 is 0 Å². The smallest absolute Gasteiger partial charge is 0.0329 e. The third kappa shape index (κ3) is 7.64. The molecule has 2 aliphatic carbocycles. The van der Waals surface area contributed by atoms with Gasteiger partial charge in [0.25, 0.3) is 0 Å². The van der Waals surface area contributed by atoms with E-state index in [0.29, 0.717) is 5.41 Å². The number of rotatable bonds is 5. The summed E-state index contributed by atoms with van der Waals surface area (Å²) in [5, 5.41) is 0. The Kier molecular flexibility index (Phi) is 10.1. The van der Waals surface area contributed by atoms with Gasteiger partial charge in [-0.25, -0.2) is 0 Å². The topological polar surface area (TPSA) is 0 Å². The van der Waals surface area contributed by atoms with Gasteiger partial charge >= 0.3 is 0 Å². The molecule has 0 heteroatoms. The lowest BCUT2D eigenvalue weighted by Gasteiger charge is -2.40. The van der Waals surface area contributed by atoms with Crippen LogP contribution in [0.15, 0.2) is 0 Å². The van der Waals surface area contributed by atoms with Crippen molar-refractivity contribution in [2.75, 3.05) is 0 Å². The first-order valence-corrected chi connectivity index (χ1v) is 11.7. The van der Waals surface area contributed by atoms with Gasteiger partial charge in [-0.3, -0.25) is 0 Å². The predicted molar refractivity (Wildman–Crippen MR) is 115 cm³/mol. The molecule has 0 unspecified atom stereocenters. The Balaban J connectivity index is 0.000000257. The first kappa shape index (κ1) is 23.0. The third-order valence-corrected chi connectivity index (χ3v) is 8.14. The fourth-order valence-corrected chi connectivity index (χ4v) is 5.12. The van der Waals surface area contributed by atoms with E-state index in [2.05, 4.69) is 55.4 Å². The second-order valence-electron chi connectivity index (χ2n) is 10.6. The fraction of sp³-hybridized carbons (Fsp3) is 1.00. The van der Waals surface area contributed by atoms with Gasteiger partial charge < -0.3 is 0 Å². The van der Waals surface area contributed by atoms with Crippen LogP contribution in [-0.2, 0) is 0 Å². The zero-order valence-corrected chi connectivity index (χ0v) is 19.0. The van der Waals surface area contributed by atoms with Crippen molar-refractivity contribution in [3.05, 3.63) is 0 Å². The monoisotopic (exact) mass is 350 g/mol. The van der Waals surface area contributed by atoms with Gasteiger partial charge in [0.1, 0.15) is 0 Å². The molecule has 0 saturated heterocycles. The SMILES string of the molecule is CCC(C)(C)C1CCC(C(C)C)CC1.CCC1CCC(C(C)C)CC1. The maximum absolute atomic E-state index is 2.45. The molecule has 0 spiro atoms. The maximum Gasteiger partial charge on any atom is -0.0329 e. The molecule has 0 aromatic rings. The molecule has 2 aliphatic rings. The summed E-state index contributed by atoms with van der Waals surface area (Å²) in [6.45, 7) is 19.1. The molecule has 0 heterocycles. The summed E-state index contributed by atoms with van der Waals surface area (Å²) in [7, 11) is 0. The van der Waals surface area contributed by atoms with Gasteiger partial charge in [-0.2, -0.15) is 0 Å². The number of hydrogen-bond donors (Lipinski definition) is 0. The highest BCUT2D eigenvalue weighted by Crippen LogP contribution is 2.43. The minimum absolute atomic E-state index is 0.585. The first-order valence-electron chi connectivity index (χ1n) is 11.7. The van der Waals surface area contributed by atoms with Gasteiger partial charge in [-0.1, -0.05) is 81.1 Å². The highest BCUT2D eigenvalue weighted by Gasteiger charge is 2.32. The zero-order valence-electron chi connectivity index (χ0n) is 19.0. The summed E-state index contributed by atoms with van der Waals surface area (Å²) >= 11 is 0. The molecule has 2 saturated carbocycles. The number of hydrogen-bond acceptors (Lipinski definition) is 0. The minimum Gasteiger partial charge on any atom is -0.0651 e. The zero-order chi connectivity index (χ0) is 19.0. The van der Waals surface area contributed by atoms with Crippen molar-refractivity contribution in [1.82, 2.24) is 0 Å². The van der Waals surface area contributed by atoms with Crippen molar-refractivity contribution in [3.63, 3.8) is 0 Å². The van der Waals surface area contributed by atoms with Crippen molar-refractivity contribution in [3.8, 4) is 0 Å². The molecule has 2 fully saturated rings. The standard InChI is InChI=1S/C14H28.C11H22/c1-6-14(4,5)13-9-7-12(8-10-13)11(2)3;1-4-10-5-7-11(8-6-10)9(2)3/h11-13H,6-10H2,1-5H3;9-11H,4-8H2,1-3H3. The van der Waals surface area contributed by atoms with Crippen molar-refractivity contribution in [2.24, 2.45) is 40.9 Å². The van der Waals surface area contributed by atoms with E-state index < -0.39 is 0 Å². The van der Waals surface area contributed by atoms with Gasteiger partial charge in [0, 0.05) is 0 Å². The van der Waals surface area contributed by atoms with E-state index in [-0.39, 0.29) is 0 Å². The Morgan fingerprint density at radius 2 is 1.08 bits per heavy atom. The van der Waals surface area contributed by atoms with E-state index in [1.54, 1.807) is 0 Å². The van der Waals surface area contributed by atoms with Crippen LogP contribution in [0, 0.1) is 40.9 Å². The van der Waals surface area contributed by atoms with Crippen LogP contribution in [0.5, 0.6) is 0 Å². The highest BCUT2D eigenvalue weighted by atomic mass is 14.4. The van der Waals surface area contributed by atoms with Crippen LogP contribution in [0.25, 0.3) is 0 Å². The molecule has 0 N–H and O–H groups in total. The lowest BCUT2D eigenvalue weighted by Crippen LogP contribution is -2.29. The van der Waals surface area contributed by atoms with Crippen molar-refractivity contribution < 1.29 is 0 Å². The van der Waals surface area contributed by atoms with E-state index >= 15 is 0 Å². The molecule has 0 atom stereocenters. The summed E-state index contributed by atoms with van der Waals surface area (Å²) in [5.74, 6) is 5.93. The van der Waals surface area contributed by atoms with Crippen LogP contribution in [0.2, 0.25) is 0 Å². The van der Waals surface area contributed by atoms with E-state index in [9.17, 15) is 0 Å². The fourth-order valence-electron chi connectivity index (χ4n) is 5.12. The molecule has 0 aromatic carbocycles. The van der Waals surface area contributed by atoms with Gasteiger partial charge in [0.05, 0.1) is 0 Å². The van der Waals surface area contributed by atoms with Crippen LogP contribution in [0.3, 0.4) is 0 Å². The van der Waals surface area contributed by atoms with E-state index in [0.717, 1.165) is 35.5 Å². The van der Waals surface area contributed by atoms with E-state index in [1.165, 1.54) is 64.2 Å². The molecule has 0 amide bonds. The lowest BCUT2D eigenvalue weighted by molar-refractivity contribution is 0.113. The Morgan fingerprint density at radius 1 is 0.680 bits per heavy atom. The second-order valence-corrected chi connectivity index (χ2v) is 10.6. The summed E-state index contributed by atoms with van der Waals surface area (Å²) in [4.78, 5) is 0. The van der Waals surface area contributed by atoms with E-state index in [4.69, 9.17) is 0 Å². The van der Waals surface area contributed by atoms with Gasteiger partial charge in [0.2, 0.25) is 0 Å². The summed E-state index contributed by atoms with van der Waals surface area (Å²) in [5.41, 5.74) is 0.585. The average Bonchev–Trinajstić information content (AvgIpc) is 2.62. The van der Waals surface area contributed by atoms with E-state index in [1.807, 2.05) is 0 Å². The molecule has 150 valence electrons. The molecular weight excluding hydrogens is 300 g/mol. The Labute approximate surface area is 160 Å². The summed E-state index contributed by atoms with van der Waals surface area (Å²) in [6, 6.07) is 0. The quantitative estimate of drug-likeness (QED) is 0.465. The molecule has 2 rings (SSSR count). The van der Waals surface area contributed by atoms with Gasteiger partial charge in [-0.15, -0.1) is 0 Å².